The molecule has 1 aromatic carbocycles. The zero-order valence-corrected chi connectivity index (χ0v) is 32.1. The van der Waals surface area contributed by atoms with Gasteiger partial charge in [-0.1, -0.05) is 0 Å². The van der Waals surface area contributed by atoms with Gasteiger partial charge in [-0.3, -0.25) is 9.78 Å². The molecule has 0 aliphatic carbocycles. The third-order valence-electron chi connectivity index (χ3n) is 7.68. The number of benzene rings is 1. The largest absolute Gasteiger partial charge is 0.443 e. The molecule has 4 heterocycles. The van der Waals surface area contributed by atoms with Crippen molar-refractivity contribution in [2.24, 2.45) is 0 Å². The van der Waals surface area contributed by atoms with Gasteiger partial charge in [-0.2, -0.15) is 4.90 Å². The third kappa shape index (κ3) is 10.0. The van der Waals surface area contributed by atoms with E-state index in [0.29, 0.717) is 46.5 Å². The van der Waals surface area contributed by atoms with E-state index in [4.69, 9.17) is 24.2 Å². The number of carbonyl (C=O) groups excluding carboxylic acids is 3. The summed E-state index contributed by atoms with van der Waals surface area (Å²) >= 11 is 0. The standard InChI is InChI=1S/C37H45N7O8S/c1-22-20-43(21-23(2)50-22)33-38-15-14-28(42-33)27-12-10-25-18-39-26(17-29(25)41-27)19-40-32(45)24-11-13-30(31(16-24)53(9,48)49)44(34(46)51-36(3,4)5)35(47)52-37(6,7)8/h10-18,22-23H,19-21H2,1-9H3,(H,40,45)/t22-,23+. The highest BCUT2D eigenvalue weighted by Crippen LogP contribution is 2.30. The second-order valence-corrected chi connectivity index (χ2v) is 16.9. The molecule has 0 bridgehead atoms. The minimum Gasteiger partial charge on any atom is -0.443 e. The summed E-state index contributed by atoms with van der Waals surface area (Å²) in [7, 11) is -4.10. The van der Waals surface area contributed by atoms with Crippen LogP contribution >= 0.6 is 0 Å². The van der Waals surface area contributed by atoms with Crippen LogP contribution in [-0.4, -0.2) is 89.2 Å². The molecule has 3 amide bonds. The quantitative estimate of drug-likeness (QED) is 0.243. The maximum Gasteiger partial charge on any atom is 0.424 e. The molecule has 5 rings (SSSR count). The molecule has 1 aliphatic rings. The molecule has 0 radical (unpaired) electrons. The van der Waals surface area contributed by atoms with Gasteiger partial charge in [0.15, 0.2) is 9.84 Å². The molecule has 282 valence electrons. The van der Waals surface area contributed by atoms with Gasteiger partial charge >= 0.3 is 12.2 Å². The summed E-state index contributed by atoms with van der Waals surface area (Å²) in [5.41, 5.74) is 0.0182. The number of nitrogens with zero attached hydrogens (tertiary/aromatic N) is 6. The molecule has 1 aliphatic heterocycles. The van der Waals surface area contributed by atoms with E-state index in [0.717, 1.165) is 17.7 Å². The fourth-order valence-electron chi connectivity index (χ4n) is 5.58. The van der Waals surface area contributed by atoms with Crippen molar-refractivity contribution in [1.29, 1.82) is 0 Å². The van der Waals surface area contributed by atoms with Gasteiger partial charge in [-0.15, -0.1) is 0 Å². The highest BCUT2D eigenvalue weighted by atomic mass is 32.2. The Hall–Kier alpha value is -5.22. The smallest absolute Gasteiger partial charge is 0.424 e. The van der Waals surface area contributed by atoms with Crippen LogP contribution in [0, 0.1) is 0 Å². The van der Waals surface area contributed by atoms with Crippen molar-refractivity contribution >= 4 is 50.5 Å². The number of hydrogen-bond donors (Lipinski definition) is 1. The van der Waals surface area contributed by atoms with Gasteiger partial charge in [-0.25, -0.2) is 33.0 Å². The van der Waals surface area contributed by atoms with Crippen molar-refractivity contribution < 1.29 is 37.0 Å². The second kappa shape index (κ2) is 15.0. The monoisotopic (exact) mass is 747 g/mol. The van der Waals surface area contributed by atoms with Crippen LogP contribution < -0.4 is 15.1 Å². The van der Waals surface area contributed by atoms with Crippen LogP contribution in [0.4, 0.5) is 21.2 Å². The first kappa shape index (κ1) is 39.0. The summed E-state index contributed by atoms with van der Waals surface area (Å²) in [6.45, 7) is 15.0. The number of amides is 3. The number of fused-ring (bicyclic) bond motifs is 1. The number of carbonyl (C=O) groups is 3. The minimum atomic E-state index is -4.10. The molecule has 0 spiro atoms. The lowest BCUT2D eigenvalue weighted by atomic mass is 10.1. The number of ether oxygens (including phenoxy) is 3. The first-order valence-electron chi connectivity index (χ1n) is 17.0. The number of pyridine rings is 2. The SMILES string of the molecule is C[C@@H]1CN(c2nccc(-c3ccc4cnc(CNC(=O)c5ccc(N(C(=O)OC(C)(C)C)C(=O)OC(C)(C)C)c(S(C)(=O)=O)c5)cc4n3)n2)C[C@H](C)O1. The molecular weight excluding hydrogens is 703 g/mol. The highest BCUT2D eigenvalue weighted by Gasteiger charge is 2.36. The van der Waals surface area contributed by atoms with Crippen LogP contribution in [0.15, 0.2) is 59.8 Å². The zero-order valence-electron chi connectivity index (χ0n) is 31.3. The number of aromatic nitrogens is 4. The lowest BCUT2D eigenvalue weighted by Crippen LogP contribution is -2.46. The summed E-state index contributed by atoms with van der Waals surface area (Å²) in [5, 5.41) is 3.53. The lowest BCUT2D eigenvalue weighted by molar-refractivity contribution is -0.00573. The summed E-state index contributed by atoms with van der Waals surface area (Å²) in [6.07, 6.45) is 2.07. The van der Waals surface area contributed by atoms with Gasteiger partial charge in [0.2, 0.25) is 5.95 Å². The van der Waals surface area contributed by atoms with E-state index in [2.05, 4.69) is 20.2 Å². The van der Waals surface area contributed by atoms with E-state index < -0.39 is 44.0 Å². The topological polar surface area (TPSA) is 183 Å². The van der Waals surface area contributed by atoms with Gasteiger partial charge in [-0.05, 0) is 97.9 Å². The Kier molecular flexibility index (Phi) is 11.1. The highest BCUT2D eigenvalue weighted by molar-refractivity contribution is 7.90. The second-order valence-electron chi connectivity index (χ2n) is 14.9. The molecular formula is C37H45N7O8S. The molecule has 1 fully saturated rings. The number of hydrogen-bond acceptors (Lipinski definition) is 13. The maximum atomic E-state index is 13.4. The summed E-state index contributed by atoms with van der Waals surface area (Å²) < 4.78 is 42.7. The Morgan fingerprint density at radius 3 is 2.11 bits per heavy atom. The molecule has 3 aromatic heterocycles. The third-order valence-corrected chi connectivity index (χ3v) is 8.81. The molecule has 4 aromatic rings. The van der Waals surface area contributed by atoms with Crippen molar-refractivity contribution in [2.45, 2.75) is 90.2 Å². The first-order chi connectivity index (χ1) is 24.7. The van der Waals surface area contributed by atoms with Crippen molar-refractivity contribution in [3.8, 4) is 11.4 Å². The Morgan fingerprint density at radius 2 is 1.51 bits per heavy atom. The van der Waals surface area contributed by atoms with Gasteiger partial charge in [0.1, 0.15) is 11.2 Å². The number of rotatable bonds is 7. The molecule has 0 saturated carbocycles. The van der Waals surface area contributed by atoms with Crippen molar-refractivity contribution in [3.63, 3.8) is 0 Å². The van der Waals surface area contributed by atoms with Crippen LogP contribution in [-0.2, 0) is 30.6 Å². The van der Waals surface area contributed by atoms with Crippen molar-refractivity contribution in [3.05, 3.63) is 66.1 Å². The van der Waals surface area contributed by atoms with Crippen LogP contribution in [0.5, 0.6) is 0 Å². The van der Waals surface area contributed by atoms with Gasteiger partial charge in [0.05, 0.1) is 51.9 Å². The minimum absolute atomic E-state index is 0.0103. The summed E-state index contributed by atoms with van der Waals surface area (Å²) in [4.78, 5) is 60.5. The molecule has 1 N–H and O–H groups in total. The number of sulfone groups is 1. The summed E-state index contributed by atoms with van der Waals surface area (Å²) in [6, 6.07) is 10.9. The van der Waals surface area contributed by atoms with Crippen molar-refractivity contribution in [1.82, 2.24) is 25.3 Å². The van der Waals surface area contributed by atoms with Gasteiger partial charge in [0.25, 0.3) is 5.91 Å². The summed E-state index contributed by atoms with van der Waals surface area (Å²) in [5.74, 6) is -0.0228. The van der Waals surface area contributed by atoms with Crippen LogP contribution in [0.2, 0.25) is 0 Å². The lowest BCUT2D eigenvalue weighted by Gasteiger charge is -2.35. The molecule has 53 heavy (non-hydrogen) atoms. The van der Waals surface area contributed by atoms with Crippen LogP contribution in [0.1, 0.15) is 71.4 Å². The Balaban J connectivity index is 1.37. The van der Waals surface area contributed by atoms with E-state index in [-0.39, 0.29) is 30.0 Å². The average molecular weight is 748 g/mol. The van der Waals surface area contributed by atoms with Crippen molar-refractivity contribution in [2.75, 3.05) is 29.1 Å². The molecule has 1 saturated heterocycles. The van der Waals surface area contributed by atoms with Crippen LogP contribution in [0.3, 0.4) is 0 Å². The Morgan fingerprint density at radius 1 is 0.887 bits per heavy atom. The predicted octanol–water partition coefficient (Wildman–Crippen LogP) is 5.71. The number of imide groups is 1. The van der Waals surface area contributed by atoms with Gasteiger partial charge in [0, 0.05) is 42.7 Å². The normalized spacial score (nSPS) is 16.6. The number of nitrogens with one attached hydrogen (secondary N) is 1. The van der Waals surface area contributed by atoms with Gasteiger partial charge < -0.3 is 24.4 Å². The Bertz CT molecular complexity index is 2110. The van der Waals surface area contributed by atoms with E-state index in [1.54, 1.807) is 66.1 Å². The van der Waals surface area contributed by atoms with Crippen LogP contribution in [0.25, 0.3) is 22.3 Å². The molecule has 16 heteroatoms. The molecule has 15 nitrogen and oxygen atoms in total. The average Bonchev–Trinajstić information content (AvgIpc) is 3.04. The molecule has 2 atom stereocenters. The van der Waals surface area contributed by atoms with E-state index in [9.17, 15) is 22.8 Å². The van der Waals surface area contributed by atoms with E-state index in [1.807, 2.05) is 26.0 Å². The fraction of sp³-hybridized carbons (Fsp3) is 0.432. The Labute approximate surface area is 309 Å². The fourth-order valence-corrected chi connectivity index (χ4v) is 6.46. The number of anilines is 2. The first-order valence-corrected chi connectivity index (χ1v) is 18.9. The van der Waals surface area contributed by atoms with E-state index in [1.165, 1.54) is 12.1 Å². The maximum absolute atomic E-state index is 13.4. The van der Waals surface area contributed by atoms with E-state index >= 15 is 0 Å². The predicted molar refractivity (Wildman–Crippen MR) is 198 cm³/mol. The number of morpholine rings is 1. The molecule has 0 unspecified atom stereocenters. The zero-order chi connectivity index (χ0) is 38.9.